The summed E-state index contributed by atoms with van der Waals surface area (Å²) < 4.78 is 5.01. The van der Waals surface area contributed by atoms with Crippen molar-refractivity contribution in [2.45, 2.75) is 31.7 Å². The lowest BCUT2D eigenvalue weighted by atomic mass is 9.87. The minimum Gasteiger partial charge on any atom is -0.399 e. The first-order valence-electron chi connectivity index (χ1n) is 8.54. The van der Waals surface area contributed by atoms with Crippen molar-refractivity contribution in [1.29, 1.82) is 0 Å². The van der Waals surface area contributed by atoms with Crippen molar-refractivity contribution in [3.05, 3.63) is 29.3 Å². The number of anilines is 1. The minimum atomic E-state index is -0.270. The zero-order valence-corrected chi connectivity index (χ0v) is 15.3. The normalized spacial score (nSPS) is 22.3. The molecule has 7 heteroatoms. The number of likely N-dealkylation sites (tertiary alicyclic amines) is 1. The zero-order chi connectivity index (χ0) is 17.1. The van der Waals surface area contributed by atoms with Crippen LogP contribution < -0.4 is 11.1 Å². The summed E-state index contributed by atoms with van der Waals surface area (Å²) in [5, 5.41) is 3.14. The molecule has 6 nitrogen and oxygen atoms in total. The van der Waals surface area contributed by atoms with E-state index in [2.05, 4.69) is 5.32 Å². The van der Waals surface area contributed by atoms with Crippen molar-refractivity contribution < 1.29 is 14.3 Å². The number of methoxy groups -OCH3 is 1. The van der Waals surface area contributed by atoms with Gasteiger partial charge in [0.05, 0.1) is 18.6 Å². The molecule has 1 aliphatic heterocycles. The van der Waals surface area contributed by atoms with Crippen molar-refractivity contribution in [1.82, 2.24) is 10.2 Å². The average Bonchev–Trinajstić information content (AvgIpc) is 2.94. The minimum absolute atomic E-state index is 0. The monoisotopic (exact) mass is 367 g/mol. The number of nitrogen functional groups attached to an aromatic ring is 1. The second kappa shape index (κ2) is 8.54. The highest BCUT2D eigenvalue weighted by atomic mass is 35.5. The van der Waals surface area contributed by atoms with Gasteiger partial charge in [0.2, 0.25) is 11.8 Å². The molecule has 2 amide bonds. The summed E-state index contributed by atoms with van der Waals surface area (Å²) in [6.45, 7) is 1.53. The maximum absolute atomic E-state index is 12.6. The SMILES string of the molecule is COCCN1CC(C(=O)NC2CCCc3cc(N)ccc32)CC1=O.Cl. The van der Waals surface area contributed by atoms with Crippen LogP contribution in [0.5, 0.6) is 0 Å². The van der Waals surface area contributed by atoms with Crippen molar-refractivity contribution in [2.24, 2.45) is 5.92 Å². The average molecular weight is 368 g/mol. The van der Waals surface area contributed by atoms with Gasteiger partial charge in [0.15, 0.2) is 0 Å². The number of hydrogen-bond donors (Lipinski definition) is 2. The molecule has 0 radical (unpaired) electrons. The maximum atomic E-state index is 12.6. The zero-order valence-electron chi connectivity index (χ0n) is 14.5. The Morgan fingerprint density at radius 3 is 3.00 bits per heavy atom. The summed E-state index contributed by atoms with van der Waals surface area (Å²) in [5.41, 5.74) is 8.99. The van der Waals surface area contributed by atoms with Crippen LogP contribution in [0.4, 0.5) is 5.69 Å². The molecule has 1 aromatic carbocycles. The number of aryl methyl sites for hydroxylation is 1. The van der Waals surface area contributed by atoms with E-state index in [1.807, 2.05) is 18.2 Å². The summed E-state index contributed by atoms with van der Waals surface area (Å²) >= 11 is 0. The number of nitrogens with one attached hydrogen (secondary N) is 1. The van der Waals surface area contributed by atoms with E-state index >= 15 is 0 Å². The highest BCUT2D eigenvalue weighted by Gasteiger charge is 2.35. The van der Waals surface area contributed by atoms with Crippen LogP contribution >= 0.6 is 12.4 Å². The number of amides is 2. The lowest BCUT2D eigenvalue weighted by Crippen LogP contribution is -2.37. The molecular formula is C18H26ClN3O3. The number of benzene rings is 1. The van der Waals surface area contributed by atoms with Gasteiger partial charge >= 0.3 is 0 Å². The van der Waals surface area contributed by atoms with Crippen molar-refractivity contribution >= 4 is 29.9 Å². The topological polar surface area (TPSA) is 84.7 Å². The van der Waals surface area contributed by atoms with Gasteiger partial charge in [-0.05, 0) is 42.5 Å². The van der Waals surface area contributed by atoms with E-state index in [1.165, 1.54) is 5.56 Å². The predicted molar refractivity (Wildman–Crippen MR) is 98.5 cm³/mol. The number of rotatable bonds is 5. The number of ether oxygens (including phenoxy) is 1. The van der Waals surface area contributed by atoms with Gasteiger partial charge in [0, 0.05) is 32.3 Å². The standard InChI is InChI=1S/C18H25N3O3.ClH/c1-24-8-7-21-11-13(10-17(21)22)18(23)20-16-4-2-3-12-9-14(19)5-6-15(12)16;/h5-6,9,13,16H,2-4,7-8,10-11,19H2,1H3,(H,20,23);1H. The molecule has 1 fully saturated rings. The van der Waals surface area contributed by atoms with Crippen LogP contribution in [0.15, 0.2) is 18.2 Å². The van der Waals surface area contributed by atoms with Gasteiger partial charge in [-0.3, -0.25) is 9.59 Å². The second-order valence-electron chi connectivity index (χ2n) is 6.65. The van der Waals surface area contributed by atoms with Gasteiger partial charge in [-0.25, -0.2) is 0 Å². The van der Waals surface area contributed by atoms with Crippen LogP contribution in [0.3, 0.4) is 0 Å². The first kappa shape index (κ1) is 19.5. The Morgan fingerprint density at radius 1 is 1.44 bits per heavy atom. The number of halogens is 1. The van der Waals surface area contributed by atoms with E-state index < -0.39 is 0 Å². The van der Waals surface area contributed by atoms with Crippen LogP contribution in [0.2, 0.25) is 0 Å². The smallest absolute Gasteiger partial charge is 0.225 e. The third kappa shape index (κ3) is 4.44. The fourth-order valence-electron chi connectivity index (χ4n) is 3.64. The Morgan fingerprint density at radius 2 is 2.24 bits per heavy atom. The number of carbonyl (C=O) groups is 2. The molecule has 1 saturated heterocycles. The Balaban J connectivity index is 0.00000225. The third-order valence-corrected chi connectivity index (χ3v) is 4.95. The second-order valence-corrected chi connectivity index (χ2v) is 6.65. The van der Waals surface area contributed by atoms with Gasteiger partial charge in [-0.15, -0.1) is 12.4 Å². The molecular weight excluding hydrogens is 342 g/mol. The molecule has 0 bridgehead atoms. The van der Waals surface area contributed by atoms with Gasteiger partial charge in [-0.1, -0.05) is 6.07 Å². The van der Waals surface area contributed by atoms with E-state index in [4.69, 9.17) is 10.5 Å². The molecule has 0 aromatic heterocycles. The molecule has 0 saturated carbocycles. The van der Waals surface area contributed by atoms with Crippen LogP contribution in [-0.4, -0.2) is 43.5 Å². The van der Waals surface area contributed by atoms with Crippen molar-refractivity contribution in [3.63, 3.8) is 0 Å². The van der Waals surface area contributed by atoms with Gasteiger partial charge in [0.1, 0.15) is 0 Å². The molecule has 3 N–H and O–H groups in total. The van der Waals surface area contributed by atoms with E-state index in [-0.39, 0.29) is 42.6 Å². The molecule has 0 spiro atoms. The first-order chi connectivity index (χ1) is 11.6. The summed E-state index contributed by atoms with van der Waals surface area (Å²) in [5.74, 6) is -0.268. The molecule has 2 unspecified atom stereocenters. The summed E-state index contributed by atoms with van der Waals surface area (Å²) in [6.07, 6.45) is 3.25. The highest BCUT2D eigenvalue weighted by molar-refractivity contribution is 5.89. The lowest BCUT2D eigenvalue weighted by Gasteiger charge is -2.27. The van der Waals surface area contributed by atoms with Crippen LogP contribution in [0.1, 0.15) is 36.4 Å². The Labute approximate surface area is 154 Å². The Hall–Kier alpha value is -1.79. The van der Waals surface area contributed by atoms with Gasteiger partial charge < -0.3 is 20.7 Å². The summed E-state index contributed by atoms with van der Waals surface area (Å²) in [4.78, 5) is 26.3. The highest BCUT2D eigenvalue weighted by Crippen LogP contribution is 2.31. The number of fused-ring (bicyclic) bond motifs is 1. The van der Waals surface area contributed by atoms with Gasteiger partial charge in [0.25, 0.3) is 0 Å². The molecule has 138 valence electrons. The summed E-state index contributed by atoms with van der Waals surface area (Å²) in [6, 6.07) is 5.91. The number of carbonyl (C=O) groups excluding carboxylic acids is 2. The molecule has 2 atom stereocenters. The molecule has 1 aromatic rings. The van der Waals surface area contributed by atoms with Crippen molar-refractivity contribution in [2.75, 3.05) is 32.5 Å². The molecule has 1 heterocycles. The molecule has 3 rings (SSSR count). The fraction of sp³-hybridized carbons (Fsp3) is 0.556. The van der Waals surface area contributed by atoms with E-state index in [1.54, 1.807) is 12.0 Å². The third-order valence-electron chi connectivity index (χ3n) is 4.95. The quantitative estimate of drug-likeness (QED) is 0.775. The Kier molecular flexibility index (Phi) is 6.67. The van der Waals surface area contributed by atoms with E-state index in [0.717, 1.165) is 30.5 Å². The lowest BCUT2D eigenvalue weighted by molar-refractivity contribution is -0.129. The number of nitrogens with zero attached hydrogens (tertiary/aromatic N) is 1. The predicted octanol–water partition coefficient (Wildman–Crippen LogP) is 1.68. The van der Waals surface area contributed by atoms with Crippen LogP contribution in [-0.2, 0) is 20.7 Å². The van der Waals surface area contributed by atoms with E-state index in [9.17, 15) is 9.59 Å². The Bertz CT molecular complexity index is 638. The summed E-state index contributed by atoms with van der Waals surface area (Å²) in [7, 11) is 1.61. The first-order valence-corrected chi connectivity index (χ1v) is 8.54. The van der Waals surface area contributed by atoms with Gasteiger partial charge in [-0.2, -0.15) is 0 Å². The number of hydrogen-bond acceptors (Lipinski definition) is 4. The van der Waals surface area contributed by atoms with Crippen LogP contribution in [0, 0.1) is 5.92 Å². The molecule has 2 aliphatic rings. The fourth-order valence-corrected chi connectivity index (χ4v) is 3.64. The largest absolute Gasteiger partial charge is 0.399 e. The molecule has 25 heavy (non-hydrogen) atoms. The maximum Gasteiger partial charge on any atom is 0.225 e. The number of nitrogens with two attached hydrogens (primary N) is 1. The van der Waals surface area contributed by atoms with E-state index in [0.29, 0.717) is 19.7 Å². The molecule has 1 aliphatic carbocycles. The van der Waals surface area contributed by atoms with Crippen LogP contribution in [0.25, 0.3) is 0 Å². The van der Waals surface area contributed by atoms with Crippen molar-refractivity contribution in [3.8, 4) is 0 Å².